The van der Waals surface area contributed by atoms with E-state index in [0.29, 0.717) is 5.92 Å². The average Bonchev–Trinajstić information content (AvgIpc) is 2.26. The molecule has 2 rings (SSSR count). The van der Waals surface area contributed by atoms with Gasteiger partial charge in [0, 0.05) is 38.7 Å². The van der Waals surface area contributed by atoms with Crippen LogP contribution < -0.4 is 0 Å². The molecule has 2 heterocycles. The lowest BCUT2D eigenvalue weighted by molar-refractivity contribution is -0.133. The van der Waals surface area contributed by atoms with Crippen molar-refractivity contribution in [2.45, 2.75) is 19.8 Å². The van der Waals surface area contributed by atoms with Gasteiger partial charge in [0.25, 0.3) is 0 Å². The smallest absolute Gasteiger partial charge is 0.219 e. The van der Waals surface area contributed by atoms with Gasteiger partial charge in [0.2, 0.25) is 5.91 Å². The molecule has 1 saturated heterocycles. The van der Waals surface area contributed by atoms with Crippen molar-refractivity contribution in [3.63, 3.8) is 0 Å². The molecule has 0 unspecified atom stereocenters. The largest absolute Gasteiger partial charge is 0.341 e. The van der Waals surface area contributed by atoms with Crippen LogP contribution in [0.15, 0.2) is 6.07 Å². The molecule has 1 fully saturated rings. The number of rotatable bonds is 1. The van der Waals surface area contributed by atoms with Crippen molar-refractivity contribution in [3.8, 4) is 0 Å². The molecule has 0 aliphatic carbocycles. The quantitative estimate of drug-likeness (QED) is 0.657. The van der Waals surface area contributed by atoms with Crippen LogP contribution in [-0.2, 0) is 11.8 Å². The van der Waals surface area contributed by atoms with E-state index in [1.807, 2.05) is 23.6 Å². The maximum absolute atomic E-state index is 11.0. The Bertz CT molecular complexity index is 363. The Labute approximate surface area is 83.5 Å². The molecule has 14 heavy (non-hydrogen) atoms. The van der Waals surface area contributed by atoms with E-state index in [1.54, 1.807) is 6.92 Å². The second kappa shape index (κ2) is 3.12. The van der Waals surface area contributed by atoms with Crippen LogP contribution in [0, 0.1) is 6.92 Å². The summed E-state index contributed by atoms with van der Waals surface area (Å²) in [5.41, 5.74) is 2.28. The van der Waals surface area contributed by atoms with E-state index in [-0.39, 0.29) is 5.91 Å². The first-order chi connectivity index (χ1) is 6.58. The standard InChI is InChI=1S/C10H15N3O/c1-7-4-10(12(3)11-7)9-5-13(6-9)8(2)14/h4,9H,5-6H2,1-3H3. The summed E-state index contributed by atoms with van der Waals surface area (Å²) in [5.74, 6) is 0.644. The first kappa shape index (κ1) is 9.24. The second-order valence-corrected chi connectivity index (χ2v) is 3.96. The lowest BCUT2D eigenvalue weighted by atomic mass is 9.96. The summed E-state index contributed by atoms with van der Waals surface area (Å²) in [6.45, 7) is 5.29. The zero-order chi connectivity index (χ0) is 10.3. The SMILES string of the molecule is CC(=O)N1CC(c2cc(C)nn2C)C1. The third-order valence-corrected chi connectivity index (χ3v) is 2.78. The Kier molecular flexibility index (Phi) is 2.06. The van der Waals surface area contributed by atoms with Gasteiger partial charge in [-0.1, -0.05) is 0 Å². The normalized spacial score (nSPS) is 16.9. The van der Waals surface area contributed by atoms with E-state index in [0.717, 1.165) is 18.8 Å². The van der Waals surface area contributed by atoms with Gasteiger partial charge in [-0.3, -0.25) is 9.48 Å². The lowest BCUT2D eigenvalue weighted by Gasteiger charge is -2.38. The number of carbonyl (C=O) groups excluding carboxylic acids is 1. The molecule has 1 aliphatic heterocycles. The predicted molar refractivity (Wildman–Crippen MR) is 52.9 cm³/mol. The van der Waals surface area contributed by atoms with Gasteiger partial charge in [-0.2, -0.15) is 5.10 Å². The van der Waals surface area contributed by atoms with Crippen LogP contribution in [0.4, 0.5) is 0 Å². The van der Waals surface area contributed by atoms with Crippen LogP contribution in [0.25, 0.3) is 0 Å². The third-order valence-electron chi connectivity index (χ3n) is 2.78. The van der Waals surface area contributed by atoms with Gasteiger partial charge in [-0.15, -0.1) is 0 Å². The van der Waals surface area contributed by atoms with Crippen molar-refractivity contribution in [1.29, 1.82) is 0 Å². The van der Waals surface area contributed by atoms with E-state index in [9.17, 15) is 4.79 Å². The van der Waals surface area contributed by atoms with Crippen LogP contribution in [0.5, 0.6) is 0 Å². The minimum atomic E-state index is 0.167. The molecule has 0 radical (unpaired) electrons. The molecule has 0 saturated carbocycles. The molecule has 0 N–H and O–H groups in total. The zero-order valence-corrected chi connectivity index (χ0v) is 8.82. The van der Waals surface area contributed by atoms with E-state index in [1.165, 1.54) is 5.69 Å². The summed E-state index contributed by atoms with van der Waals surface area (Å²) in [7, 11) is 1.96. The molecule has 0 spiro atoms. The van der Waals surface area contributed by atoms with Crippen molar-refractivity contribution >= 4 is 5.91 Å². The summed E-state index contributed by atoms with van der Waals surface area (Å²) >= 11 is 0. The molecule has 1 aromatic rings. The molecule has 4 heteroatoms. The van der Waals surface area contributed by atoms with Crippen molar-refractivity contribution in [2.75, 3.05) is 13.1 Å². The van der Waals surface area contributed by atoms with E-state index >= 15 is 0 Å². The van der Waals surface area contributed by atoms with Crippen LogP contribution >= 0.6 is 0 Å². The maximum Gasteiger partial charge on any atom is 0.219 e. The fourth-order valence-electron chi connectivity index (χ4n) is 1.94. The topological polar surface area (TPSA) is 38.1 Å². The Morgan fingerprint density at radius 1 is 1.57 bits per heavy atom. The monoisotopic (exact) mass is 193 g/mol. The Morgan fingerprint density at radius 2 is 2.21 bits per heavy atom. The Hall–Kier alpha value is -1.32. The number of likely N-dealkylation sites (tertiary alicyclic amines) is 1. The molecule has 1 aromatic heterocycles. The number of hydrogen-bond acceptors (Lipinski definition) is 2. The summed E-state index contributed by atoms with van der Waals surface area (Å²) in [6, 6.07) is 2.10. The first-order valence-electron chi connectivity index (χ1n) is 4.84. The van der Waals surface area contributed by atoms with E-state index in [4.69, 9.17) is 0 Å². The third kappa shape index (κ3) is 1.41. The van der Waals surface area contributed by atoms with E-state index < -0.39 is 0 Å². The highest BCUT2D eigenvalue weighted by atomic mass is 16.2. The summed E-state index contributed by atoms with van der Waals surface area (Å²) in [5, 5.41) is 4.30. The van der Waals surface area contributed by atoms with E-state index in [2.05, 4.69) is 11.2 Å². The van der Waals surface area contributed by atoms with Crippen LogP contribution in [0.3, 0.4) is 0 Å². The van der Waals surface area contributed by atoms with Gasteiger partial charge in [0.1, 0.15) is 0 Å². The summed E-state index contributed by atoms with van der Waals surface area (Å²) in [4.78, 5) is 12.9. The first-order valence-corrected chi connectivity index (χ1v) is 4.84. The zero-order valence-electron chi connectivity index (χ0n) is 8.82. The Balaban J connectivity index is 2.06. The number of aromatic nitrogens is 2. The molecule has 76 valence electrons. The fraction of sp³-hybridized carbons (Fsp3) is 0.600. The molecule has 0 atom stereocenters. The molecule has 4 nitrogen and oxygen atoms in total. The van der Waals surface area contributed by atoms with Gasteiger partial charge in [0.15, 0.2) is 0 Å². The van der Waals surface area contributed by atoms with Gasteiger partial charge in [-0.25, -0.2) is 0 Å². The van der Waals surface area contributed by atoms with Crippen molar-refractivity contribution in [2.24, 2.45) is 7.05 Å². The number of aryl methyl sites for hydroxylation is 2. The fourth-order valence-corrected chi connectivity index (χ4v) is 1.94. The van der Waals surface area contributed by atoms with Gasteiger partial charge < -0.3 is 4.90 Å². The highest BCUT2D eigenvalue weighted by Crippen LogP contribution is 2.26. The van der Waals surface area contributed by atoms with Crippen molar-refractivity contribution < 1.29 is 4.79 Å². The second-order valence-electron chi connectivity index (χ2n) is 3.96. The molecule has 1 amide bonds. The van der Waals surface area contributed by atoms with Gasteiger partial charge in [0.05, 0.1) is 5.69 Å². The average molecular weight is 193 g/mol. The molecule has 0 bridgehead atoms. The number of nitrogens with zero attached hydrogens (tertiary/aromatic N) is 3. The summed E-state index contributed by atoms with van der Waals surface area (Å²) in [6.07, 6.45) is 0. The van der Waals surface area contributed by atoms with Gasteiger partial charge >= 0.3 is 0 Å². The minimum Gasteiger partial charge on any atom is -0.341 e. The highest BCUT2D eigenvalue weighted by molar-refractivity contribution is 5.74. The maximum atomic E-state index is 11.0. The molecule has 1 aliphatic rings. The Morgan fingerprint density at radius 3 is 2.64 bits per heavy atom. The number of carbonyl (C=O) groups is 1. The molecule has 0 aromatic carbocycles. The number of amides is 1. The summed E-state index contributed by atoms with van der Waals surface area (Å²) < 4.78 is 1.91. The number of hydrogen-bond donors (Lipinski definition) is 0. The minimum absolute atomic E-state index is 0.167. The lowest BCUT2D eigenvalue weighted by Crippen LogP contribution is -2.48. The molecular weight excluding hydrogens is 178 g/mol. The highest BCUT2D eigenvalue weighted by Gasteiger charge is 2.31. The van der Waals surface area contributed by atoms with Crippen LogP contribution in [0.1, 0.15) is 24.2 Å². The predicted octanol–water partition coefficient (Wildman–Crippen LogP) is 0.674. The van der Waals surface area contributed by atoms with Crippen LogP contribution in [-0.4, -0.2) is 33.7 Å². The van der Waals surface area contributed by atoms with Gasteiger partial charge in [-0.05, 0) is 13.0 Å². The molecular formula is C10H15N3O. The van der Waals surface area contributed by atoms with Crippen molar-refractivity contribution in [1.82, 2.24) is 14.7 Å². The van der Waals surface area contributed by atoms with Crippen LogP contribution in [0.2, 0.25) is 0 Å². The van der Waals surface area contributed by atoms with Crippen molar-refractivity contribution in [3.05, 3.63) is 17.5 Å².